The van der Waals surface area contributed by atoms with Crippen molar-refractivity contribution >= 4 is 39.8 Å². The van der Waals surface area contributed by atoms with Crippen molar-refractivity contribution in [2.24, 2.45) is 0 Å². The van der Waals surface area contributed by atoms with Crippen molar-refractivity contribution in [3.05, 3.63) is 0 Å². The van der Waals surface area contributed by atoms with Crippen LogP contribution in [0.4, 0.5) is 0 Å². The van der Waals surface area contributed by atoms with E-state index in [0.29, 0.717) is 0 Å². The molecule has 1 radical (unpaired) electrons. The molecule has 0 rings (SSSR count). The summed E-state index contributed by atoms with van der Waals surface area (Å²) in [5, 5.41) is 0. The van der Waals surface area contributed by atoms with Crippen molar-refractivity contribution in [2.45, 2.75) is 5.91 Å². The average molecular weight is 129 g/mol. The van der Waals surface area contributed by atoms with Gasteiger partial charge in [-0.2, -0.15) is 0 Å². The standard InChI is InChI=1S/C3H10O2Si.Na/c1-4-3(6)5-2;/h3H,1-2,6H3;. The van der Waals surface area contributed by atoms with Gasteiger partial charge in [0, 0.05) is 43.8 Å². The summed E-state index contributed by atoms with van der Waals surface area (Å²) in [5.41, 5.74) is 0. The van der Waals surface area contributed by atoms with Crippen LogP contribution in [0, 0.1) is 0 Å². The molecule has 0 amide bonds. The van der Waals surface area contributed by atoms with Gasteiger partial charge < -0.3 is 9.47 Å². The first-order valence-electron chi connectivity index (χ1n) is 1.87. The molecule has 0 aromatic rings. The summed E-state index contributed by atoms with van der Waals surface area (Å²) >= 11 is 0. The molecule has 0 N–H and O–H groups in total. The molecule has 0 aromatic carbocycles. The first kappa shape index (κ1) is 11.0. The normalized spacial score (nSPS) is 9.00. The maximum Gasteiger partial charge on any atom is 0.130 e. The van der Waals surface area contributed by atoms with Crippen LogP contribution in [0.1, 0.15) is 0 Å². The van der Waals surface area contributed by atoms with Crippen LogP contribution in [-0.4, -0.2) is 59.9 Å². The molecular formula is C3H10NaO2Si. The van der Waals surface area contributed by atoms with Crippen molar-refractivity contribution in [2.75, 3.05) is 14.2 Å². The van der Waals surface area contributed by atoms with E-state index in [1.807, 2.05) is 0 Å². The van der Waals surface area contributed by atoms with Crippen molar-refractivity contribution in [3.8, 4) is 0 Å². The molecular weight excluding hydrogens is 119 g/mol. The molecule has 0 heterocycles. The van der Waals surface area contributed by atoms with Gasteiger partial charge in [0.25, 0.3) is 0 Å². The second-order valence-electron chi connectivity index (χ2n) is 1.04. The quantitative estimate of drug-likeness (QED) is 0.335. The Morgan fingerprint density at radius 2 is 1.57 bits per heavy atom. The molecule has 0 fully saturated rings. The van der Waals surface area contributed by atoms with Gasteiger partial charge in [0.1, 0.15) is 5.91 Å². The number of methoxy groups -OCH3 is 2. The molecule has 0 unspecified atom stereocenters. The Morgan fingerprint density at radius 1 is 1.29 bits per heavy atom. The fourth-order valence-electron chi connectivity index (χ4n) is 0.0962. The summed E-state index contributed by atoms with van der Waals surface area (Å²) in [6, 6.07) is 0. The molecule has 0 bridgehead atoms. The molecule has 0 spiro atoms. The van der Waals surface area contributed by atoms with Crippen LogP contribution in [0.5, 0.6) is 0 Å². The van der Waals surface area contributed by atoms with Crippen LogP contribution in [0.25, 0.3) is 0 Å². The number of ether oxygens (including phenoxy) is 2. The van der Waals surface area contributed by atoms with Crippen molar-refractivity contribution < 1.29 is 9.47 Å². The average Bonchev–Trinajstić information content (AvgIpc) is 1.65. The number of hydrogen-bond donors (Lipinski definition) is 0. The predicted octanol–water partition coefficient (Wildman–Crippen LogP) is -1.45. The van der Waals surface area contributed by atoms with E-state index in [4.69, 9.17) is 9.47 Å². The monoisotopic (exact) mass is 129 g/mol. The maximum absolute atomic E-state index is 4.74. The van der Waals surface area contributed by atoms with Gasteiger partial charge in [-0.1, -0.05) is 0 Å². The Kier molecular flexibility index (Phi) is 11.2. The zero-order chi connectivity index (χ0) is 4.99. The largest absolute Gasteiger partial charge is 0.361 e. The summed E-state index contributed by atoms with van der Waals surface area (Å²) in [5.74, 6) is 0.0741. The Bertz CT molecular complexity index is 32.1. The number of hydrogen-bond acceptors (Lipinski definition) is 2. The van der Waals surface area contributed by atoms with E-state index in [2.05, 4.69) is 0 Å². The summed E-state index contributed by atoms with van der Waals surface area (Å²) in [6.45, 7) is 0. The first-order valence-corrected chi connectivity index (χ1v) is 3.02. The second-order valence-corrected chi connectivity index (χ2v) is 1.98. The van der Waals surface area contributed by atoms with Crippen molar-refractivity contribution in [3.63, 3.8) is 0 Å². The summed E-state index contributed by atoms with van der Waals surface area (Å²) in [7, 11) is 4.23. The third-order valence-electron chi connectivity index (χ3n) is 0.664. The minimum Gasteiger partial charge on any atom is -0.361 e. The fraction of sp³-hybridized carbons (Fsp3) is 1.00. The molecule has 7 heavy (non-hydrogen) atoms. The van der Waals surface area contributed by atoms with E-state index < -0.39 is 0 Å². The number of rotatable bonds is 2. The summed E-state index contributed by atoms with van der Waals surface area (Å²) in [4.78, 5) is 0. The Hall–Kier alpha value is 1.14. The molecule has 2 nitrogen and oxygen atoms in total. The molecule has 0 saturated heterocycles. The van der Waals surface area contributed by atoms with E-state index in [-0.39, 0.29) is 35.5 Å². The zero-order valence-corrected chi connectivity index (χ0v) is 9.39. The van der Waals surface area contributed by atoms with Crippen molar-refractivity contribution in [1.82, 2.24) is 0 Å². The van der Waals surface area contributed by atoms with E-state index in [9.17, 15) is 0 Å². The first-order chi connectivity index (χ1) is 2.81. The van der Waals surface area contributed by atoms with Crippen LogP contribution in [0.3, 0.4) is 0 Å². The second kappa shape index (κ2) is 7.14. The Balaban J connectivity index is 0. The third kappa shape index (κ3) is 7.14. The van der Waals surface area contributed by atoms with E-state index >= 15 is 0 Å². The zero-order valence-electron chi connectivity index (χ0n) is 5.39. The minimum atomic E-state index is 0. The predicted molar refractivity (Wildman–Crippen MR) is 33.5 cm³/mol. The smallest absolute Gasteiger partial charge is 0.130 e. The van der Waals surface area contributed by atoms with Crippen LogP contribution < -0.4 is 0 Å². The fourth-order valence-corrected chi connectivity index (χ4v) is 0.0962. The van der Waals surface area contributed by atoms with Gasteiger partial charge in [0.15, 0.2) is 0 Å². The Labute approximate surface area is 69.3 Å². The van der Waals surface area contributed by atoms with Gasteiger partial charge in [-0.3, -0.25) is 0 Å². The van der Waals surface area contributed by atoms with E-state index in [1.165, 1.54) is 0 Å². The molecule has 0 saturated carbocycles. The van der Waals surface area contributed by atoms with Crippen LogP contribution in [-0.2, 0) is 9.47 Å². The van der Waals surface area contributed by atoms with E-state index in [1.54, 1.807) is 14.2 Å². The van der Waals surface area contributed by atoms with Gasteiger partial charge in [-0.25, -0.2) is 0 Å². The topological polar surface area (TPSA) is 18.5 Å². The van der Waals surface area contributed by atoms with Crippen molar-refractivity contribution in [1.29, 1.82) is 0 Å². The van der Waals surface area contributed by atoms with Gasteiger partial charge in [-0.05, 0) is 0 Å². The minimum absolute atomic E-state index is 0. The molecule has 0 aromatic heterocycles. The summed E-state index contributed by atoms with van der Waals surface area (Å²) in [6.07, 6.45) is 0. The van der Waals surface area contributed by atoms with Gasteiger partial charge >= 0.3 is 0 Å². The van der Waals surface area contributed by atoms with Gasteiger partial charge in [0.05, 0.1) is 10.2 Å². The molecule has 0 aliphatic rings. The molecule has 0 atom stereocenters. The van der Waals surface area contributed by atoms with E-state index in [0.717, 1.165) is 10.2 Å². The third-order valence-corrected chi connectivity index (χ3v) is 1.61. The SMILES string of the molecule is COC([SiH3])OC.[Na]. The maximum atomic E-state index is 4.74. The van der Waals surface area contributed by atoms with Crippen LogP contribution in [0.2, 0.25) is 0 Å². The van der Waals surface area contributed by atoms with Crippen LogP contribution in [0.15, 0.2) is 0 Å². The Morgan fingerprint density at radius 3 is 1.57 bits per heavy atom. The molecule has 0 aliphatic carbocycles. The molecule has 39 valence electrons. The molecule has 4 heteroatoms. The summed E-state index contributed by atoms with van der Waals surface area (Å²) < 4.78 is 9.48. The van der Waals surface area contributed by atoms with Gasteiger partial charge in [-0.15, -0.1) is 0 Å². The molecule has 0 aliphatic heterocycles. The van der Waals surface area contributed by atoms with Gasteiger partial charge in [0.2, 0.25) is 0 Å². The van der Waals surface area contributed by atoms with Crippen LogP contribution >= 0.6 is 0 Å².